The summed E-state index contributed by atoms with van der Waals surface area (Å²) < 4.78 is 20.2. The van der Waals surface area contributed by atoms with Crippen LogP contribution in [-0.4, -0.2) is 31.0 Å². The van der Waals surface area contributed by atoms with Crippen LogP contribution in [0.4, 0.5) is 9.18 Å². The van der Waals surface area contributed by atoms with E-state index >= 15 is 0 Å². The molecule has 0 aromatic heterocycles. The van der Waals surface area contributed by atoms with Gasteiger partial charge in [0.2, 0.25) is 0 Å². The maximum absolute atomic E-state index is 14.3. The lowest BCUT2D eigenvalue weighted by Crippen LogP contribution is -2.51. The van der Waals surface area contributed by atoms with E-state index in [1.807, 2.05) is 24.3 Å². The highest BCUT2D eigenvalue weighted by atomic mass is 19.1. The zero-order chi connectivity index (χ0) is 16.5. The molecule has 4 rings (SSSR count). The number of urea groups is 1. The fourth-order valence-corrected chi connectivity index (χ4v) is 4.07. The molecule has 2 N–H and O–H groups in total. The Labute approximate surface area is 142 Å². The van der Waals surface area contributed by atoms with Gasteiger partial charge in [-0.3, -0.25) is 0 Å². The zero-order valence-corrected chi connectivity index (χ0v) is 13.8. The molecule has 1 saturated carbocycles. The summed E-state index contributed by atoms with van der Waals surface area (Å²) in [6.07, 6.45) is 4.96. The average Bonchev–Trinajstić information content (AvgIpc) is 3.39. The number of hydrogen-bond acceptors (Lipinski definition) is 2. The van der Waals surface area contributed by atoms with Crippen molar-refractivity contribution in [3.63, 3.8) is 0 Å². The number of hydrogen-bond donors (Lipinski definition) is 2. The number of fused-ring (bicyclic) bond motifs is 1. The van der Waals surface area contributed by atoms with Gasteiger partial charge in [0, 0.05) is 13.0 Å². The quantitative estimate of drug-likeness (QED) is 0.889. The summed E-state index contributed by atoms with van der Waals surface area (Å²) >= 11 is 0. The number of halogens is 1. The van der Waals surface area contributed by atoms with Crippen LogP contribution in [0, 0.1) is 5.92 Å². The minimum atomic E-state index is -1.06. The average molecular weight is 332 g/mol. The standard InChI is InChI=1S/C19H25FN2O2/c20-15-11-13-5-1-2-6-14(13)18(15)22-19(23)21-17(12-8-9-12)16-7-3-4-10-24-16/h1-2,5-6,12,15-18H,3-4,7-11H2,(H2,21,22,23)/t15-,16?,17?,18+/m1/s1. The van der Waals surface area contributed by atoms with Crippen LogP contribution in [0.25, 0.3) is 0 Å². The van der Waals surface area contributed by atoms with Crippen molar-refractivity contribution in [2.24, 2.45) is 5.92 Å². The largest absolute Gasteiger partial charge is 0.376 e. The molecular formula is C19H25FN2O2. The molecule has 2 fully saturated rings. The van der Waals surface area contributed by atoms with Crippen molar-refractivity contribution < 1.29 is 13.9 Å². The molecule has 0 bridgehead atoms. The number of ether oxygens (including phenoxy) is 1. The molecule has 2 unspecified atom stereocenters. The molecule has 1 heterocycles. The lowest BCUT2D eigenvalue weighted by molar-refractivity contribution is -0.00989. The molecule has 5 heteroatoms. The number of carbonyl (C=O) groups is 1. The Balaban J connectivity index is 1.40. The van der Waals surface area contributed by atoms with Gasteiger partial charge in [-0.05, 0) is 49.1 Å². The monoisotopic (exact) mass is 332 g/mol. The first-order valence-electron chi connectivity index (χ1n) is 9.13. The first-order valence-corrected chi connectivity index (χ1v) is 9.13. The van der Waals surface area contributed by atoms with E-state index in [1.165, 1.54) is 0 Å². The molecule has 4 nitrogen and oxygen atoms in total. The number of rotatable bonds is 4. The number of alkyl halides is 1. The van der Waals surface area contributed by atoms with Crippen molar-refractivity contribution in [3.8, 4) is 0 Å². The first kappa shape index (κ1) is 15.9. The van der Waals surface area contributed by atoms with Crippen LogP contribution >= 0.6 is 0 Å². The van der Waals surface area contributed by atoms with Crippen LogP contribution < -0.4 is 10.6 Å². The minimum absolute atomic E-state index is 0.0556. The van der Waals surface area contributed by atoms with Gasteiger partial charge in [-0.2, -0.15) is 0 Å². The summed E-state index contributed by atoms with van der Waals surface area (Å²) in [5.41, 5.74) is 1.89. The van der Waals surface area contributed by atoms with Gasteiger partial charge in [0.15, 0.2) is 0 Å². The van der Waals surface area contributed by atoms with Crippen LogP contribution in [0.15, 0.2) is 24.3 Å². The van der Waals surface area contributed by atoms with Crippen molar-refractivity contribution in [2.45, 2.75) is 62.9 Å². The summed E-state index contributed by atoms with van der Waals surface area (Å²) in [5.74, 6) is 0.510. The normalized spacial score (nSPS) is 30.5. The fraction of sp³-hybridized carbons (Fsp3) is 0.632. The second-order valence-corrected chi connectivity index (χ2v) is 7.28. The van der Waals surface area contributed by atoms with Crippen molar-refractivity contribution in [2.75, 3.05) is 6.61 Å². The van der Waals surface area contributed by atoms with Crippen LogP contribution in [0.5, 0.6) is 0 Å². The SMILES string of the molecule is O=C(NC(C1CC1)C1CCCCO1)N[C@H]1c2ccccc2C[C@H]1F. The van der Waals surface area contributed by atoms with Crippen LogP contribution in [-0.2, 0) is 11.2 Å². The fourth-order valence-electron chi connectivity index (χ4n) is 4.07. The molecule has 4 atom stereocenters. The van der Waals surface area contributed by atoms with Crippen LogP contribution in [0.1, 0.15) is 49.3 Å². The summed E-state index contributed by atoms with van der Waals surface area (Å²) in [6, 6.07) is 6.88. The second-order valence-electron chi connectivity index (χ2n) is 7.28. The van der Waals surface area contributed by atoms with E-state index in [1.54, 1.807) is 0 Å². The highest BCUT2D eigenvalue weighted by molar-refractivity contribution is 5.75. The van der Waals surface area contributed by atoms with Gasteiger partial charge in [-0.15, -0.1) is 0 Å². The van der Waals surface area contributed by atoms with Crippen molar-refractivity contribution in [3.05, 3.63) is 35.4 Å². The van der Waals surface area contributed by atoms with Crippen molar-refractivity contribution in [1.82, 2.24) is 10.6 Å². The molecule has 2 amide bonds. The Kier molecular flexibility index (Phi) is 4.44. The Morgan fingerprint density at radius 3 is 2.79 bits per heavy atom. The van der Waals surface area contributed by atoms with E-state index < -0.39 is 12.2 Å². The maximum atomic E-state index is 14.3. The third-order valence-electron chi connectivity index (χ3n) is 5.50. The summed E-state index contributed by atoms with van der Waals surface area (Å²) in [7, 11) is 0. The molecule has 1 saturated heterocycles. The smallest absolute Gasteiger partial charge is 0.315 e. The number of nitrogens with one attached hydrogen (secondary N) is 2. The van der Waals surface area contributed by atoms with E-state index in [0.717, 1.165) is 49.8 Å². The second kappa shape index (κ2) is 6.71. The molecule has 130 valence electrons. The maximum Gasteiger partial charge on any atom is 0.315 e. The predicted molar refractivity (Wildman–Crippen MR) is 89.6 cm³/mol. The third kappa shape index (κ3) is 3.27. The van der Waals surface area contributed by atoms with Crippen molar-refractivity contribution in [1.29, 1.82) is 0 Å². The number of benzene rings is 1. The Morgan fingerprint density at radius 2 is 2.04 bits per heavy atom. The molecule has 0 spiro atoms. The molecule has 3 aliphatic rings. The van der Waals surface area contributed by atoms with Gasteiger partial charge in [-0.25, -0.2) is 9.18 Å². The van der Waals surface area contributed by atoms with Gasteiger partial charge in [0.05, 0.1) is 18.2 Å². The van der Waals surface area contributed by atoms with E-state index in [-0.39, 0.29) is 18.2 Å². The predicted octanol–water partition coefficient (Wildman–Crippen LogP) is 3.27. The van der Waals surface area contributed by atoms with Crippen LogP contribution in [0.2, 0.25) is 0 Å². The highest BCUT2D eigenvalue weighted by Gasteiger charge is 2.40. The summed E-state index contributed by atoms with van der Waals surface area (Å²) in [5, 5.41) is 5.94. The highest BCUT2D eigenvalue weighted by Crippen LogP contribution is 2.37. The van der Waals surface area contributed by atoms with Gasteiger partial charge in [0.25, 0.3) is 0 Å². The van der Waals surface area contributed by atoms with Crippen LogP contribution in [0.3, 0.4) is 0 Å². The zero-order valence-electron chi connectivity index (χ0n) is 13.8. The third-order valence-corrected chi connectivity index (χ3v) is 5.50. The van der Waals surface area contributed by atoms with E-state index in [0.29, 0.717) is 12.3 Å². The Morgan fingerprint density at radius 1 is 1.21 bits per heavy atom. The van der Waals surface area contributed by atoms with Gasteiger partial charge in [-0.1, -0.05) is 24.3 Å². The van der Waals surface area contributed by atoms with Gasteiger partial charge in [0.1, 0.15) is 6.17 Å². The molecular weight excluding hydrogens is 307 g/mol. The first-order chi connectivity index (χ1) is 11.7. The summed E-state index contributed by atoms with van der Waals surface area (Å²) in [6.45, 7) is 0.778. The van der Waals surface area contributed by atoms with E-state index in [2.05, 4.69) is 10.6 Å². The molecule has 24 heavy (non-hydrogen) atoms. The molecule has 1 aromatic rings. The molecule has 1 aliphatic heterocycles. The molecule has 2 aliphatic carbocycles. The Bertz CT molecular complexity index is 599. The lowest BCUT2D eigenvalue weighted by Gasteiger charge is -2.31. The van der Waals surface area contributed by atoms with Crippen molar-refractivity contribution >= 4 is 6.03 Å². The molecule has 1 aromatic carbocycles. The van der Waals surface area contributed by atoms with E-state index in [9.17, 15) is 9.18 Å². The Hall–Kier alpha value is -1.62. The summed E-state index contributed by atoms with van der Waals surface area (Å²) in [4.78, 5) is 12.5. The number of carbonyl (C=O) groups excluding carboxylic acids is 1. The van der Waals surface area contributed by atoms with Gasteiger partial charge >= 0.3 is 6.03 Å². The number of amides is 2. The minimum Gasteiger partial charge on any atom is -0.376 e. The topological polar surface area (TPSA) is 50.4 Å². The lowest BCUT2D eigenvalue weighted by atomic mass is 9.98. The molecule has 0 radical (unpaired) electrons. The van der Waals surface area contributed by atoms with E-state index in [4.69, 9.17) is 4.74 Å². The van der Waals surface area contributed by atoms with Gasteiger partial charge < -0.3 is 15.4 Å².